The van der Waals surface area contributed by atoms with Crippen molar-refractivity contribution in [1.82, 2.24) is 0 Å². The number of aliphatic hydroxyl groups excluding tert-OH is 3. The molecule has 0 spiro atoms. The SMILES string of the molecule is C/C=C(\O)C(O)CO. The van der Waals surface area contributed by atoms with E-state index in [2.05, 4.69) is 0 Å². The molecule has 0 aromatic rings. The Kier molecular flexibility index (Phi) is 3.23. The van der Waals surface area contributed by atoms with Crippen molar-refractivity contribution in [3.63, 3.8) is 0 Å². The van der Waals surface area contributed by atoms with Gasteiger partial charge in [-0.1, -0.05) is 0 Å². The normalized spacial score (nSPS) is 16.1. The number of allylic oxidation sites excluding steroid dienone is 1. The van der Waals surface area contributed by atoms with Gasteiger partial charge in [0.25, 0.3) is 0 Å². The molecule has 3 N–H and O–H groups in total. The van der Waals surface area contributed by atoms with E-state index in [0.29, 0.717) is 0 Å². The van der Waals surface area contributed by atoms with E-state index in [1.54, 1.807) is 6.92 Å². The second kappa shape index (κ2) is 3.46. The Labute approximate surface area is 47.9 Å². The second-order valence-electron chi connectivity index (χ2n) is 1.41. The molecule has 0 aliphatic carbocycles. The molecule has 0 amide bonds. The minimum Gasteiger partial charge on any atom is -0.510 e. The maximum atomic E-state index is 8.58. The molecule has 48 valence electrons. The van der Waals surface area contributed by atoms with Gasteiger partial charge in [0.15, 0.2) is 0 Å². The average Bonchev–Trinajstić information content (AvgIpc) is 1.84. The van der Waals surface area contributed by atoms with Crippen LogP contribution in [0.25, 0.3) is 0 Å². The molecular formula is C5H10O3. The summed E-state index contributed by atoms with van der Waals surface area (Å²) in [4.78, 5) is 0. The zero-order valence-corrected chi connectivity index (χ0v) is 4.70. The molecule has 0 aromatic carbocycles. The Hall–Kier alpha value is -0.540. The van der Waals surface area contributed by atoms with E-state index in [4.69, 9.17) is 15.3 Å². The monoisotopic (exact) mass is 118 g/mol. The highest BCUT2D eigenvalue weighted by atomic mass is 16.3. The fourth-order valence-electron chi connectivity index (χ4n) is 0.286. The van der Waals surface area contributed by atoms with Crippen molar-refractivity contribution in [3.05, 3.63) is 11.8 Å². The van der Waals surface area contributed by atoms with Crippen molar-refractivity contribution in [2.45, 2.75) is 13.0 Å². The summed E-state index contributed by atoms with van der Waals surface area (Å²) in [5, 5.41) is 25.3. The van der Waals surface area contributed by atoms with Crippen LogP contribution in [-0.2, 0) is 0 Å². The maximum Gasteiger partial charge on any atom is 0.133 e. The van der Waals surface area contributed by atoms with E-state index in [0.717, 1.165) is 0 Å². The van der Waals surface area contributed by atoms with E-state index >= 15 is 0 Å². The Bertz CT molecular complexity index is 87.7. The van der Waals surface area contributed by atoms with Crippen LogP contribution in [0, 0.1) is 0 Å². The summed E-state index contributed by atoms with van der Waals surface area (Å²) < 4.78 is 0. The molecule has 0 aliphatic heterocycles. The van der Waals surface area contributed by atoms with Gasteiger partial charge >= 0.3 is 0 Å². The third-order valence-electron chi connectivity index (χ3n) is 0.810. The standard InChI is InChI=1S/C5H10O3/c1-2-4(7)5(8)3-6/h2,5-8H,3H2,1H3/b4-2-. The molecule has 1 unspecified atom stereocenters. The average molecular weight is 118 g/mol. The first-order valence-corrected chi connectivity index (χ1v) is 2.36. The summed E-state index contributed by atoms with van der Waals surface area (Å²) in [6.45, 7) is 1.14. The van der Waals surface area contributed by atoms with Gasteiger partial charge < -0.3 is 15.3 Å². The van der Waals surface area contributed by atoms with Crippen LogP contribution in [0.4, 0.5) is 0 Å². The minimum absolute atomic E-state index is 0.187. The summed E-state index contributed by atoms with van der Waals surface area (Å²) in [6.07, 6.45) is 0.223. The van der Waals surface area contributed by atoms with Crippen molar-refractivity contribution in [1.29, 1.82) is 0 Å². The molecule has 0 bridgehead atoms. The highest BCUT2D eigenvalue weighted by Crippen LogP contribution is 1.94. The lowest BCUT2D eigenvalue weighted by molar-refractivity contribution is 0.0869. The summed E-state index contributed by atoms with van der Waals surface area (Å²) in [5.74, 6) is -0.187. The van der Waals surface area contributed by atoms with E-state index in [1.165, 1.54) is 6.08 Å². The molecule has 1 atom stereocenters. The Morgan fingerprint density at radius 3 is 2.38 bits per heavy atom. The van der Waals surface area contributed by atoms with E-state index in [9.17, 15) is 0 Å². The third-order valence-corrected chi connectivity index (χ3v) is 0.810. The highest BCUT2D eigenvalue weighted by Gasteiger charge is 2.03. The Balaban J connectivity index is 3.63. The highest BCUT2D eigenvalue weighted by molar-refractivity contribution is 4.94. The molecule has 0 radical (unpaired) electrons. The van der Waals surface area contributed by atoms with Crippen LogP contribution < -0.4 is 0 Å². The molecule has 0 rings (SSSR count). The predicted molar refractivity (Wildman–Crippen MR) is 29.5 cm³/mol. The van der Waals surface area contributed by atoms with E-state index < -0.39 is 12.7 Å². The smallest absolute Gasteiger partial charge is 0.133 e. The fourth-order valence-corrected chi connectivity index (χ4v) is 0.286. The quantitative estimate of drug-likeness (QED) is 0.440. The van der Waals surface area contributed by atoms with Gasteiger partial charge in [-0.25, -0.2) is 0 Å². The van der Waals surface area contributed by atoms with Gasteiger partial charge in [0.2, 0.25) is 0 Å². The predicted octanol–water partition coefficient (Wildman–Crippen LogP) is -0.199. The summed E-state index contributed by atoms with van der Waals surface area (Å²) in [5.41, 5.74) is 0. The third kappa shape index (κ3) is 1.95. The molecule has 0 fully saturated rings. The van der Waals surface area contributed by atoms with E-state index in [1.807, 2.05) is 0 Å². The Morgan fingerprint density at radius 1 is 1.75 bits per heavy atom. The maximum absolute atomic E-state index is 8.58. The van der Waals surface area contributed by atoms with Crippen LogP contribution >= 0.6 is 0 Å². The molecule has 0 heterocycles. The first-order chi connectivity index (χ1) is 3.72. The largest absolute Gasteiger partial charge is 0.510 e. The zero-order chi connectivity index (χ0) is 6.57. The van der Waals surface area contributed by atoms with E-state index in [-0.39, 0.29) is 5.76 Å². The van der Waals surface area contributed by atoms with Gasteiger partial charge in [-0.15, -0.1) is 0 Å². The number of hydrogen-bond donors (Lipinski definition) is 3. The summed E-state index contributed by atoms with van der Waals surface area (Å²) in [7, 11) is 0. The van der Waals surface area contributed by atoms with Crippen LogP contribution in [0.5, 0.6) is 0 Å². The number of rotatable bonds is 2. The molecule has 8 heavy (non-hydrogen) atoms. The second-order valence-corrected chi connectivity index (χ2v) is 1.41. The summed E-state index contributed by atoms with van der Waals surface area (Å²) >= 11 is 0. The minimum atomic E-state index is -1.11. The first kappa shape index (κ1) is 7.46. The molecule has 0 aromatic heterocycles. The number of aliphatic hydroxyl groups is 3. The van der Waals surface area contributed by atoms with Gasteiger partial charge in [0.1, 0.15) is 11.9 Å². The lowest BCUT2D eigenvalue weighted by Gasteiger charge is -2.02. The van der Waals surface area contributed by atoms with Crippen LogP contribution in [-0.4, -0.2) is 28.0 Å². The van der Waals surface area contributed by atoms with Crippen molar-refractivity contribution < 1.29 is 15.3 Å². The van der Waals surface area contributed by atoms with Gasteiger partial charge in [-0.3, -0.25) is 0 Å². The van der Waals surface area contributed by atoms with Crippen molar-refractivity contribution >= 4 is 0 Å². The summed E-state index contributed by atoms with van der Waals surface area (Å²) in [6, 6.07) is 0. The molecule has 0 aliphatic rings. The zero-order valence-electron chi connectivity index (χ0n) is 4.70. The van der Waals surface area contributed by atoms with Crippen LogP contribution in [0.3, 0.4) is 0 Å². The van der Waals surface area contributed by atoms with Gasteiger partial charge in [-0.05, 0) is 13.0 Å². The van der Waals surface area contributed by atoms with Crippen molar-refractivity contribution in [2.24, 2.45) is 0 Å². The molecule has 0 saturated heterocycles. The lowest BCUT2D eigenvalue weighted by Crippen LogP contribution is -2.14. The Morgan fingerprint density at radius 2 is 2.25 bits per heavy atom. The van der Waals surface area contributed by atoms with Crippen molar-refractivity contribution in [2.75, 3.05) is 6.61 Å². The van der Waals surface area contributed by atoms with Crippen molar-refractivity contribution in [3.8, 4) is 0 Å². The molecule has 3 heteroatoms. The number of hydrogen-bond acceptors (Lipinski definition) is 3. The van der Waals surface area contributed by atoms with Gasteiger partial charge in [0.05, 0.1) is 6.61 Å². The first-order valence-electron chi connectivity index (χ1n) is 2.36. The van der Waals surface area contributed by atoms with Gasteiger partial charge in [0, 0.05) is 0 Å². The molecule has 0 saturated carbocycles. The molecular weight excluding hydrogens is 108 g/mol. The van der Waals surface area contributed by atoms with Crippen LogP contribution in [0.1, 0.15) is 6.92 Å². The lowest BCUT2D eigenvalue weighted by atomic mass is 10.3. The van der Waals surface area contributed by atoms with Crippen LogP contribution in [0.2, 0.25) is 0 Å². The van der Waals surface area contributed by atoms with Gasteiger partial charge in [-0.2, -0.15) is 0 Å². The molecule has 3 nitrogen and oxygen atoms in total. The topological polar surface area (TPSA) is 60.7 Å². The van der Waals surface area contributed by atoms with Crippen LogP contribution in [0.15, 0.2) is 11.8 Å². The fraction of sp³-hybridized carbons (Fsp3) is 0.600.